The lowest BCUT2D eigenvalue weighted by molar-refractivity contribution is 0.309. The van der Waals surface area contributed by atoms with Gasteiger partial charge in [0.05, 0.1) is 0 Å². The van der Waals surface area contributed by atoms with E-state index in [1.54, 1.807) is 12.1 Å². The van der Waals surface area contributed by atoms with Gasteiger partial charge in [0, 0.05) is 11.7 Å². The van der Waals surface area contributed by atoms with E-state index in [2.05, 4.69) is 17.6 Å². The second-order valence-corrected chi connectivity index (χ2v) is 5.39. The normalized spacial score (nSPS) is 23.4. The van der Waals surface area contributed by atoms with Crippen molar-refractivity contribution >= 4 is 23.0 Å². The number of nitrogens with one attached hydrogen (secondary N) is 2. The molecular weight excluding hydrogens is 247 g/mol. The molecule has 1 aromatic carbocycles. The van der Waals surface area contributed by atoms with Crippen LogP contribution in [0.5, 0.6) is 0 Å². The van der Waals surface area contributed by atoms with Gasteiger partial charge in [-0.05, 0) is 49.2 Å². The first-order chi connectivity index (χ1) is 8.65. The van der Waals surface area contributed by atoms with Gasteiger partial charge in [0.1, 0.15) is 5.82 Å². The van der Waals surface area contributed by atoms with Crippen LogP contribution in [-0.4, -0.2) is 11.2 Å². The summed E-state index contributed by atoms with van der Waals surface area (Å²) < 4.78 is 13.0. The molecule has 2 unspecified atom stereocenters. The number of anilines is 1. The Morgan fingerprint density at radius 3 is 2.83 bits per heavy atom. The van der Waals surface area contributed by atoms with E-state index in [0.717, 1.165) is 6.42 Å². The molecule has 1 fully saturated rings. The van der Waals surface area contributed by atoms with Crippen molar-refractivity contribution in [2.75, 3.05) is 5.32 Å². The van der Waals surface area contributed by atoms with Gasteiger partial charge in [-0.2, -0.15) is 0 Å². The van der Waals surface area contributed by atoms with Crippen LogP contribution in [0, 0.1) is 11.7 Å². The lowest BCUT2D eigenvalue weighted by Crippen LogP contribution is -2.43. The smallest absolute Gasteiger partial charge is 0.171 e. The van der Waals surface area contributed by atoms with Gasteiger partial charge in [0.2, 0.25) is 0 Å². The van der Waals surface area contributed by atoms with E-state index in [0.29, 0.717) is 22.8 Å². The van der Waals surface area contributed by atoms with Crippen LogP contribution >= 0.6 is 12.2 Å². The maximum Gasteiger partial charge on any atom is 0.171 e. The Morgan fingerprint density at radius 1 is 1.33 bits per heavy atom. The summed E-state index contributed by atoms with van der Waals surface area (Å²) in [6.07, 6.45) is 4.97. The van der Waals surface area contributed by atoms with E-state index in [4.69, 9.17) is 12.2 Å². The molecule has 1 aliphatic rings. The Balaban J connectivity index is 1.88. The largest absolute Gasteiger partial charge is 0.359 e. The van der Waals surface area contributed by atoms with Crippen LogP contribution in [-0.2, 0) is 0 Å². The first-order valence-electron chi connectivity index (χ1n) is 6.48. The fourth-order valence-corrected chi connectivity index (χ4v) is 2.70. The summed E-state index contributed by atoms with van der Waals surface area (Å²) in [6, 6.07) is 6.78. The van der Waals surface area contributed by atoms with E-state index in [9.17, 15) is 4.39 Å². The summed E-state index contributed by atoms with van der Waals surface area (Å²) in [5.74, 6) is 0.389. The molecule has 0 bridgehead atoms. The van der Waals surface area contributed by atoms with Crippen LogP contribution in [0.4, 0.5) is 10.1 Å². The van der Waals surface area contributed by atoms with Gasteiger partial charge in [-0.15, -0.1) is 0 Å². The molecule has 1 aliphatic carbocycles. The summed E-state index contributed by atoms with van der Waals surface area (Å²) in [6.45, 7) is 2.25. The number of benzene rings is 1. The van der Waals surface area contributed by atoms with Gasteiger partial charge in [0.15, 0.2) is 5.11 Å². The summed E-state index contributed by atoms with van der Waals surface area (Å²) in [5, 5.41) is 6.95. The van der Waals surface area contributed by atoms with Crippen LogP contribution in [0.15, 0.2) is 24.3 Å². The Labute approximate surface area is 113 Å². The molecule has 0 saturated heterocycles. The lowest BCUT2D eigenvalue weighted by Gasteiger charge is -2.30. The second-order valence-electron chi connectivity index (χ2n) is 4.98. The summed E-state index contributed by atoms with van der Waals surface area (Å²) >= 11 is 5.27. The number of thiocarbonyl (C=S) groups is 1. The highest BCUT2D eigenvalue weighted by Gasteiger charge is 2.21. The van der Waals surface area contributed by atoms with E-state index in [1.807, 2.05) is 0 Å². The van der Waals surface area contributed by atoms with Gasteiger partial charge in [-0.3, -0.25) is 0 Å². The highest BCUT2D eigenvalue weighted by molar-refractivity contribution is 7.80. The minimum absolute atomic E-state index is 0.256. The highest BCUT2D eigenvalue weighted by Crippen LogP contribution is 2.23. The number of rotatable bonds is 2. The summed E-state index contributed by atoms with van der Waals surface area (Å²) in [5.41, 5.74) is 0.691. The minimum atomic E-state index is -0.256. The van der Waals surface area contributed by atoms with Gasteiger partial charge in [-0.1, -0.05) is 25.8 Å². The molecule has 18 heavy (non-hydrogen) atoms. The molecule has 1 saturated carbocycles. The second kappa shape index (κ2) is 6.14. The predicted molar refractivity (Wildman–Crippen MR) is 77.2 cm³/mol. The average Bonchev–Trinajstić information content (AvgIpc) is 2.32. The molecule has 2 rings (SSSR count). The van der Waals surface area contributed by atoms with Crippen molar-refractivity contribution < 1.29 is 4.39 Å². The van der Waals surface area contributed by atoms with Gasteiger partial charge >= 0.3 is 0 Å². The van der Waals surface area contributed by atoms with Crippen LogP contribution in [0.2, 0.25) is 0 Å². The number of hydrogen-bond donors (Lipinski definition) is 2. The van der Waals surface area contributed by atoms with Gasteiger partial charge < -0.3 is 10.6 Å². The van der Waals surface area contributed by atoms with Crippen molar-refractivity contribution in [1.82, 2.24) is 5.32 Å². The fourth-order valence-electron chi connectivity index (χ4n) is 2.43. The molecular formula is C14H19FN2S. The number of hydrogen-bond acceptors (Lipinski definition) is 1. The van der Waals surface area contributed by atoms with Crippen molar-refractivity contribution in [2.45, 2.75) is 38.6 Å². The molecule has 0 radical (unpaired) electrons. The monoisotopic (exact) mass is 266 g/mol. The van der Waals surface area contributed by atoms with Crippen molar-refractivity contribution in [3.05, 3.63) is 30.1 Å². The van der Waals surface area contributed by atoms with Crippen molar-refractivity contribution in [2.24, 2.45) is 5.92 Å². The minimum Gasteiger partial charge on any atom is -0.359 e. The lowest BCUT2D eigenvalue weighted by atomic mass is 9.86. The standard InChI is InChI=1S/C14H19FN2S/c1-10-5-2-3-8-13(10)17-14(18)16-12-7-4-6-11(15)9-12/h4,6-7,9-10,13H,2-3,5,8H2,1H3,(H2,16,17,18). The first-order valence-corrected chi connectivity index (χ1v) is 6.89. The maximum atomic E-state index is 13.0. The van der Waals surface area contributed by atoms with E-state index in [-0.39, 0.29) is 5.82 Å². The molecule has 2 N–H and O–H groups in total. The van der Waals surface area contributed by atoms with Crippen molar-refractivity contribution in [1.29, 1.82) is 0 Å². The van der Waals surface area contributed by atoms with Crippen molar-refractivity contribution in [3.63, 3.8) is 0 Å². The molecule has 2 nitrogen and oxygen atoms in total. The molecule has 0 spiro atoms. The zero-order chi connectivity index (χ0) is 13.0. The Bertz CT molecular complexity index is 422. The Hall–Kier alpha value is -1.16. The van der Waals surface area contributed by atoms with Crippen molar-refractivity contribution in [3.8, 4) is 0 Å². The predicted octanol–water partition coefficient (Wildman–Crippen LogP) is 3.69. The van der Waals surface area contributed by atoms with Crippen LogP contribution < -0.4 is 10.6 Å². The SMILES string of the molecule is CC1CCCCC1NC(=S)Nc1cccc(F)c1. The molecule has 4 heteroatoms. The summed E-state index contributed by atoms with van der Waals surface area (Å²) in [7, 11) is 0. The van der Waals surface area contributed by atoms with Crippen LogP contribution in [0.1, 0.15) is 32.6 Å². The van der Waals surface area contributed by atoms with E-state index < -0.39 is 0 Å². The molecule has 98 valence electrons. The Kier molecular flexibility index (Phi) is 4.53. The molecule has 0 aromatic heterocycles. The zero-order valence-corrected chi connectivity index (χ0v) is 11.4. The Morgan fingerprint density at radius 2 is 2.11 bits per heavy atom. The highest BCUT2D eigenvalue weighted by atomic mass is 32.1. The third kappa shape index (κ3) is 3.67. The van der Waals surface area contributed by atoms with E-state index in [1.165, 1.54) is 31.4 Å². The molecule has 1 aromatic rings. The average molecular weight is 266 g/mol. The molecule has 0 amide bonds. The van der Waals surface area contributed by atoms with Gasteiger partial charge in [0.25, 0.3) is 0 Å². The third-order valence-electron chi connectivity index (χ3n) is 3.51. The van der Waals surface area contributed by atoms with Crippen LogP contribution in [0.3, 0.4) is 0 Å². The number of halogens is 1. The molecule has 2 atom stereocenters. The van der Waals surface area contributed by atoms with E-state index >= 15 is 0 Å². The fraction of sp³-hybridized carbons (Fsp3) is 0.500. The molecule has 0 heterocycles. The van der Waals surface area contributed by atoms with Crippen LogP contribution in [0.25, 0.3) is 0 Å². The first kappa shape index (κ1) is 13.3. The third-order valence-corrected chi connectivity index (χ3v) is 3.73. The maximum absolute atomic E-state index is 13.0. The quantitative estimate of drug-likeness (QED) is 0.798. The van der Waals surface area contributed by atoms with Gasteiger partial charge in [-0.25, -0.2) is 4.39 Å². The molecule has 0 aliphatic heterocycles. The summed E-state index contributed by atoms with van der Waals surface area (Å²) in [4.78, 5) is 0. The topological polar surface area (TPSA) is 24.1 Å². The zero-order valence-electron chi connectivity index (χ0n) is 10.6.